The molecule has 0 spiro atoms. The van der Waals surface area contributed by atoms with E-state index < -0.39 is 0 Å². The van der Waals surface area contributed by atoms with Crippen LogP contribution in [0.4, 0.5) is 4.39 Å². The second kappa shape index (κ2) is 9.60. The van der Waals surface area contributed by atoms with Gasteiger partial charge in [-0.3, -0.25) is 9.67 Å². The van der Waals surface area contributed by atoms with Gasteiger partial charge in [-0.25, -0.2) is 4.39 Å². The average molecular weight is 510 g/mol. The highest BCUT2D eigenvalue weighted by Crippen LogP contribution is 2.26. The Balaban J connectivity index is 0.00000240. The molecule has 0 radical (unpaired) electrons. The minimum absolute atomic E-state index is 0. The molecule has 1 aromatic carbocycles. The Morgan fingerprint density at radius 3 is 3.03 bits per heavy atom. The third-order valence-electron chi connectivity index (χ3n) is 5.39. The van der Waals surface area contributed by atoms with Crippen molar-refractivity contribution in [3.63, 3.8) is 0 Å². The average Bonchev–Trinajstić information content (AvgIpc) is 3.40. The predicted octanol–water partition coefficient (Wildman–Crippen LogP) is 3.66. The molecule has 156 valence electrons. The number of likely N-dealkylation sites (tertiary alicyclic amines) is 1. The maximum atomic E-state index is 13.4. The lowest BCUT2D eigenvalue weighted by atomic mass is 10.0. The number of aliphatic imine (C=N–C) groups is 1. The standard InChI is InChI=1S/C21H27FN6.HI/c1-3-23-21(28-9-7-16(14-28)17-12-26-27(2)13-17)24-8-6-15-11-25-20-10-18(22)4-5-19(15)20;/h4-5,10-13,16,25H,3,6-9,14H2,1-2H3,(H,23,24);1H. The van der Waals surface area contributed by atoms with Gasteiger partial charge in [0, 0.05) is 62.4 Å². The van der Waals surface area contributed by atoms with E-state index in [2.05, 4.69) is 33.4 Å². The zero-order valence-corrected chi connectivity index (χ0v) is 19.2. The van der Waals surface area contributed by atoms with Crippen LogP contribution in [-0.4, -0.2) is 51.8 Å². The summed E-state index contributed by atoms with van der Waals surface area (Å²) in [4.78, 5) is 10.3. The van der Waals surface area contributed by atoms with E-state index in [9.17, 15) is 4.39 Å². The third kappa shape index (κ3) is 4.91. The van der Waals surface area contributed by atoms with Crippen LogP contribution >= 0.6 is 24.0 Å². The molecule has 1 atom stereocenters. The van der Waals surface area contributed by atoms with Crippen LogP contribution in [0.15, 0.2) is 41.8 Å². The number of aromatic amines is 1. The minimum atomic E-state index is -0.217. The molecule has 1 aliphatic heterocycles. The second-order valence-electron chi connectivity index (χ2n) is 7.37. The van der Waals surface area contributed by atoms with Gasteiger partial charge in [-0.1, -0.05) is 0 Å². The number of hydrogen-bond donors (Lipinski definition) is 2. The fourth-order valence-electron chi connectivity index (χ4n) is 3.95. The third-order valence-corrected chi connectivity index (χ3v) is 5.39. The SMILES string of the molecule is CCNC(=NCCc1c[nH]c2cc(F)ccc12)N1CCC(c2cnn(C)c2)C1.I. The molecule has 0 amide bonds. The molecule has 29 heavy (non-hydrogen) atoms. The summed E-state index contributed by atoms with van der Waals surface area (Å²) in [5.74, 6) is 1.26. The maximum absolute atomic E-state index is 13.4. The number of aryl methyl sites for hydroxylation is 1. The molecule has 1 saturated heterocycles. The number of fused-ring (bicyclic) bond motifs is 1. The van der Waals surface area contributed by atoms with Crippen molar-refractivity contribution in [2.24, 2.45) is 12.0 Å². The Hall–Kier alpha value is -2.10. The van der Waals surface area contributed by atoms with Crippen LogP contribution in [-0.2, 0) is 13.5 Å². The van der Waals surface area contributed by atoms with Crippen molar-refractivity contribution in [2.75, 3.05) is 26.2 Å². The number of halogens is 2. The summed E-state index contributed by atoms with van der Waals surface area (Å²) in [5, 5.41) is 8.79. The zero-order valence-electron chi connectivity index (χ0n) is 16.9. The first-order chi connectivity index (χ1) is 13.6. The van der Waals surface area contributed by atoms with Gasteiger partial charge >= 0.3 is 0 Å². The van der Waals surface area contributed by atoms with Crippen molar-refractivity contribution < 1.29 is 4.39 Å². The van der Waals surface area contributed by atoms with Crippen LogP contribution in [0.5, 0.6) is 0 Å². The molecule has 0 bridgehead atoms. The van der Waals surface area contributed by atoms with Crippen LogP contribution < -0.4 is 5.32 Å². The molecule has 3 aromatic rings. The monoisotopic (exact) mass is 510 g/mol. The van der Waals surface area contributed by atoms with Crippen LogP contribution in [0.25, 0.3) is 10.9 Å². The van der Waals surface area contributed by atoms with Crippen molar-refractivity contribution in [1.82, 2.24) is 25.0 Å². The maximum Gasteiger partial charge on any atom is 0.193 e. The fourth-order valence-corrected chi connectivity index (χ4v) is 3.95. The first-order valence-corrected chi connectivity index (χ1v) is 9.91. The lowest BCUT2D eigenvalue weighted by Crippen LogP contribution is -2.40. The molecule has 2 N–H and O–H groups in total. The van der Waals surface area contributed by atoms with Crippen molar-refractivity contribution >= 4 is 40.8 Å². The Bertz CT molecular complexity index is 979. The quantitative estimate of drug-likeness (QED) is 0.313. The summed E-state index contributed by atoms with van der Waals surface area (Å²) in [6.07, 6.45) is 7.97. The number of hydrogen-bond acceptors (Lipinski definition) is 2. The van der Waals surface area contributed by atoms with E-state index in [0.717, 1.165) is 49.3 Å². The summed E-state index contributed by atoms with van der Waals surface area (Å²) in [5.41, 5.74) is 3.31. The van der Waals surface area contributed by atoms with Gasteiger partial charge in [0.05, 0.1) is 6.20 Å². The lowest BCUT2D eigenvalue weighted by Gasteiger charge is -2.21. The number of nitrogens with zero attached hydrogens (tertiary/aromatic N) is 4. The van der Waals surface area contributed by atoms with E-state index >= 15 is 0 Å². The van der Waals surface area contributed by atoms with Crippen molar-refractivity contribution in [2.45, 2.75) is 25.7 Å². The molecular weight excluding hydrogens is 482 g/mol. The summed E-state index contributed by atoms with van der Waals surface area (Å²) in [6, 6.07) is 4.88. The first kappa shape index (κ1) is 21.6. The summed E-state index contributed by atoms with van der Waals surface area (Å²) >= 11 is 0. The van der Waals surface area contributed by atoms with Gasteiger partial charge in [0.2, 0.25) is 0 Å². The van der Waals surface area contributed by atoms with Gasteiger partial charge in [-0.2, -0.15) is 5.10 Å². The van der Waals surface area contributed by atoms with Crippen LogP contribution in [0.2, 0.25) is 0 Å². The van der Waals surface area contributed by atoms with E-state index in [1.165, 1.54) is 23.3 Å². The van der Waals surface area contributed by atoms with Crippen molar-refractivity contribution in [3.8, 4) is 0 Å². The molecule has 3 heterocycles. The first-order valence-electron chi connectivity index (χ1n) is 9.91. The summed E-state index contributed by atoms with van der Waals surface area (Å²) in [7, 11) is 1.96. The topological polar surface area (TPSA) is 61.2 Å². The van der Waals surface area contributed by atoms with Gasteiger partial charge in [0.15, 0.2) is 5.96 Å². The number of benzene rings is 1. The van der Waals surface area contributed by atoms with Crippen LogP contribution in [0, 0.1) is 5.82 Å². The molecule has 1 aliphatic rings. The smallest absolute Gasteiger partial charge is 0.193 e. The molecule has 0 saturated carbocycles. The number of rotatable bonds is 5. The number of H-pyrrole nitrogens is 1. The zero-order chi connectivity index (χ0) is 19.5. The van der Waals surface area contributed by atoms with Gasteiger partial charge in [0.1, 0.15) is 5.82 Å². The van der Waals surface area contributed by atoms with Gasteiger partial charge in [-0.15, -0.1) is 24.0 Å². The minimum Gasteiger partial charge on any atom is -0.361 e. The second-order valence-corrected chi connectivity index (χ2v) is 7.37. The molecule has 4 rings (SSSR count). The van der Waals surface area contributed by atoms with Gasteiger partial charge < -0.3 is 15.2 Å². The molecule has 0 aliphatic carbocycles. The highest BCUT2D eigenvalue weighted by Gasteiger charge is 2.26. The van der Waals surface area contributed by atoms with Gasteiger partial charge in [-0.05, 0) is 49.1 Å². The summed E-state index contributed by atoms with van der Waals surface area (Å²) < 4.78 is 15.2. The Kier molecular flexibility index (Phi) is 7.15. The molecule has 1 unspecified atom stereocenters. The van der Waals surface area contributed by atoms with Gasteiger partial charge in [0.25, 0.3) is 0 Å². The molecular formula is C21H28FIN6. The molecule has 1 fully saturated rings. The number of guanidine groups is 1. The van der Waals surface area contributed by atoms with E-state index in [4.69, 9.17) is 4.99 Å². The highest BCUT2D eigenvalue weighted by atomic mass is 127. The highest BCUT2D eigenvalue weighted by molar-refractivity contribution is 14.0. The van der Waals surface area contributed by atoms with Crippen LogP contribution in [0.3, 0.4) is 0 Å². The lowest BCUT2D eigenvalue weighted by molar-refractivity contribution is 0.486. The summed E-state index contributed by atoms with van der Waals surface area (Å²) in [6.45, 7) is 5.60. The Morgan fingerprint density at radius 1 is 1.41 bits per heavy atom. The largest absolute Gasteiger partial charge is 0.361 e. The van der Waals surface area contributed by atoms with E-state index in [1.807, 2.05) is 30.2 Å². The number of aromatic nitrogens is 3. The van der Waals surface area contributed by atoms with Crippen molar-refractivity contribution in [3.05, 3.63) is 53.7 Å². The molecule has 2 aromatic heterocycles. The Labute approximate surface area is 187 Å². The van der Waals surface area contributed by atoms with Crippen molar-refractivity contribution in [1.29, 1.82) is 0 Å². The molecule has 6 nitrogen and oxygen atoms in total. The van der Waals surface area contributed by atoms with E-state index in [0.29, 0.717) is 12.5 Å². The molecule has 8 heteroatoms. The Morgan fingerprint density at radius 2 is 2.28 bits per heavy atom. The van der Waals surface area contributed by atoms with E-state index in [-0.39, 0.29) is 29.8 Å². The number of nitrogens with one attached hydrogen (secondary N) is 2. The van der Waals surface area contributed by atoms with E-state index in [1.54, 1.807) is 0 Å². The normalized spacial score (nSPS) is 17.0. The fraction of sp³-hybridized carbons (Fsp3) is 0.429. The van der Waals surface area contributed by atoms with Crippen LogP contribution in [0.1, 0.15) is 30.4 Å². The predicted molar refractivity (Wildman–Crippen MR) is 125 cm³/mol.